The molecule has 0 aromatic rings. The molecule has 80 valence electrons. The number of rotatable bonds is 4. The Labute approximate surface area is 88.5 Å². The molecule has 1 rings (SSSR count). The summed E-state index contributed by atoms with van der Waals surface area (Å²) in [5.41, 5.74) is 0.0378. The molecule has 1 fully saturated rings. The van der Waals surface area contributed by atoms with Crippen molar-refractivity contribution in [1.29, 1.82) is 5.26 Å². The molecule has 0 spiro atoms. The summed E-state index contributed by atoms with van der Waals surface area (Å²) in [4.78, 5) is 0. The van der Waals surface area contributed by atoms with Crippen molar-refractivity contribution in [2.24, 2.45) is 17.3 Å². The average Bonchev–Trinajstić information content (AvgIpc) is 2.57. The Balaban J connectivity index is 2.59. The highest BCUT2D eigenvalue weighted by molar-refractivity contribution is 5.04. The third kappa shape index (κ3) is 2.50. The minimum Gasteiger partial charge on any atom is -0.198 e. The van der Waals surface area contributed by atoms with E-state index in [1.54, 1.807) is 0 Å². The zero-order valence-corrected chi connectivity index (χ0v) is 9.84. The van der Waals surface area contributed by atoms with Crippen molar-refractivity contribution < 1.29 is 0 Å². The molecule has 1 nitrogen and oxygen atoms in total. The second-order valence-electron chi connectivity index (χ2n) is 5.13. The van der Waals surface area contributed by atoms with Crippen LogP contribution in [0.5, 0.6) is 0 Å². The first-order valence-electron chi connectivity index (χ1n) is 6.07. The molecule has 0 aliphatic heterocycles. The van der Waals surface area contributed by atoms with E-state index in [9.17, 15) is 5.26 Å². The lowest BCUT2D eigenvalue weighted by Crippen LogP contribution is -2.19. The molecule has 2 atom stereocenters. The molecule has 1 heteroatoms. The number of nitrogens with zero attached hydrogens (tertiary/aromatic N) is 1. The second-order valence-corrected chi connectivity index (χ2v) is 5.13. The van der Waals surface area contributed by atoms with Gasteiger partial charge in [0.15, 0.2) is 0 Å². The Bertz CT molecular complexity index is 212. The van der Waals surface area contributed by atoms with E-state index in [-0.39, 0.29) is 5.41 Å². The van der Waals surface area contributed by atoms with Gasteiger partial charge >= 0.3 is 0 Å². The lowest BCUT2D eigenvalue weighted by Gasteiger charge is -2.25. The number of hydrogen-bond acceptors (Lipinski definition) is 1. The van der Waals surface area contributed by atoms with Gasteiger partial charge < -0.3 is 0 Å². The highest BCUT2D eigenvalue weighted by Gasteiger charge is 2.38. The normalized spacial score (nSPS) is 32.1. The van der Waals surface area contributed by atoms with Gasteiger partial charge in [-0.25, -0.2) is 0 Å². The van der Waals surface area contributed by atoms with Gasteiger partial charge in [-0.2, -0.15) is 5.26 Å². The largest absolute Gasteiger partial charge is 0.198 e. The lowest BCUT2D eigenvalue weighted by atomic mass is 9.77. The van der Waals surface area contributed by atoms with Gasteiger partial charge in [-0.15, -0.1) is 0 Å². The van der Waals surface area contributed by atoms with Gasteiger partial charge in [-0.1, -0.05) is 33.6 Å². The number of nitriles is 1. The first kappa shape index (κ1) is 11.6. The molecule has 1 aliphatic carbocycles. The zero-order valence-electron chi connectivity index (χ0n) is 9.84. The highest BCUT2D eigenvalue weighted by atomic mass is 14.4. The summed E-state index contributed by atoms with van der Waals surface area (Å²) in [6.07, 6.45) is 7.14. The summed E-state index contributed by atoms with van der Waals surface area (Å²) in [6, 6.07) is 2.61. The summed E-state index contributed by atoms with van der Waals surface area (Å²) in [7, 11) is 0. The molecular weight excluding hydrogens is 170 g/mol. The fraction of sp³-hybridized carbons (Fsp3) is 0.923. The summed E-state index contributed by atoms with van der Waals surface area (Å²) in [5.74, 6) is 1.53. The van der Waals surface area contributed by atoms with Crippen LogP contribution in [0, 0.1) is 28.6 Å². The predicted molar refractivity (Wildman–Crippen MR) is 59.8 cm³/mol. The molecule has 0 amide bonds. The molecular formula is C13H23N. The van der Waals surface area contributed by atoms with Gasteiger partial charge in [0.25, 0.3) is 0 Å². The summed E-state index contributed by atoms with van der Waals surface area (Å²) in [6.45, 7) is 6.78. The first-order valence-corrected chi connectivity index (χ1v) is 6.07. The molecule has 1 aliphatic rings. The Morgan fingerprint density at radius 2 is 2.07 bits per heavy atom. The van der Waals surface area contributed by atoms with Crippen molar-refractivity contribution >= 4 is 0 Å². The molecule has 0 N–H and O–H groups in total. The van der Waals surface area contributed by atoms with Crippen LogP contribution < -0.4 is 0 Å². The Morgan fingerprint density at radius 1 is 1.43 bits per heavy atom. The van der Waals surface area contributed by atoms with Crippen LogP contribution in [0.25, 0.3) is 0 Å². The van der Waals surface area contributed by atoms with Crippen LogP contribution in [0.3, 0.4) is 0 Å². The van der Waals surface area contributed by atoms with E-state index in [2.05, 4.69) is 26.8 Å². The molecule has 0 heterocycles. The summed E-state index contributed by atoms with van der Waals surface area (Å²) in [5, 5.41) is 9.32. The third-order valence-corrected chi connectivity index (χ3v) is 3.93. The van der Waals surface area contributed by atoms with E-state index in [0.29, 0.717) is 0 Å². The van der Waals surface area contributed by atoms with Gasteiger partial charge in [0.1, 0.15) is 0 Å². The van der Waals surface area contributed by atoms with Crippen molar-refractivity contribution in [3.63, 3.8) is 0 Å². The monoisotopic (exact) mass is 193 g/mol. The van der Waals surface area contributed by atoms with Crippen molar-refractivity contribution in [1.82, 2.24) is 0 Å². The summed E-state index contributed by atoms with van der Waals surface area (Å²) >= 11 is 0. The molecule has 14 heavy (non-hydrogen) atoms. The maximum absolute atomic E-state index is 9.32. The Kier molecular flexibility index (Phi) is 3.98. The smallest absolute Gasteiger partial charge is 0.0689 e. The van der Waals surface area contributed by atoms with Gasteiger partial charge in [-0.05, 0) is 37.5 Å². The number of hydrogen-bond donors (Lipinski definition) is 0. The molecule has 0 bridgehead atoms. The van der Waals surface area contributed by atoms with Crippen LogP contribution in [0.15, 0.2) is 0 Å². The maximum Gasteiger partial charge on any atom is 0.0689 e. The van der Waals surface area contributed by atoms with E-state index in [0.717, 1.165) is 31.1 Å². The van der Waals surface area contributed by atoms with Crippen LogP contribution in [-0.4, -0.2) is 0 Å². The predicted octanol–water partition coefficient (Wildman–Crippen LogP) is 4.14. The fourth-order valence-electron chi connectivity index (χ4n) is 2.86. The standard InChI is InChI=1S/C13H23N/c1-4-12(5-2)9-13(10-14)7-6-11(3)8-13/h11-12H,4-9H2,1-3H3. The van der Waals surface area contributed by atoms with Crippen LogP contribution in [-0.2, 0) is 0 Å². The highest BCUT2D eigenvalue weighted by Crippen LogP contribution is 2.46. The SMILES string of the molecule is CCC(CC)CC1(C#N)CCC(C)C1. The van der Waals surface area contributed by atoms with Gasteiger partial charge in [0, 0.05) is 0 Å². The molecule has 1 saturated carbocycles. The van der Waals surface area contributed by atoms with Crippen LogP contribution in [0.2, 0.25) is 0 Å². The minimum absolute atomic E-state index is 0.0378. The van der Waals surface area contributed by atoms with Crippen molar-refractivity contribution in [3.8, 4) is 6.07 Å². The van der Waals surface area contributed by atoms with E-state index in [4.69, 9.17) is 0 Å². The van der Waals surface area contributed by atoms with Crippen LogP contribution in [0.1, 0.15) is 59.3 Å². The van der Waals surface area contributed by atoms with E-state index < -0.39 is 0 Å². The molecule has 0 radical (unpaired) electrons. The Hall–Kier alpha value is -0.510. The average molecular weight is 193 g/mol. The molecule has 2 unspecified atom stereocenters. The summed E-state index contributed by atoms with van der Waals surface area (Å²) < 4.78 is 0. The second kappa shape index (κ2) is 4.82. The van der Waals surface area contributed by atoms with E-state index >= 15 is 0 Å². The van der Waals surface area contributed by atoms with Crippen LogP contribution >= 0.6 is 0 Å². The molecule has 0 aromatic heterocycles. The van der Waals surface area contributed by atoms with E-state index in [1.807, 2.05) is 0 Å². The lowest BCUT2D eigenvalue weighted by molar-refractivity contribution is 0.277. The van der Waals surface area contributed by atoms with Gasteiger partial charge in [0.05, 0.1) is 11.5 Å². The molecule has 0 saturated heterocycles. The van der Waals surface area contributed by atoms with Crippen LogP contribution in [0.4, 0.5) is 0 Å². The topological polar surface area (TPSA) is 23.8 Å². The quantitative estimate of drug-likeness (QED) is 0.658. The first-order chi connectivity index (χ1) is 6.65. The van der Waals surface area contributed by atoms with Gasteiger partial charge in [-0.3, -0.25) is 0 Å². The minimum atomic E-state index is 0.0378. The maximum atomic E-state index is 9.32. The zero-order chi connectivity index (χ0) is 10.6. The fourth-order valence-corrected chi connectivity index (χ4v) is 2.86. The molecule has 0 aromatic carbocycles. The van der Waals surface area contributed by atoms with Crippen molar-refractivity contribution in [2.45, 2.75) is 59.3 Å². The van der Waals surface area contributed by atoms with Gasteiger partial charge in [0.2, 0.25) is 0 Å². The Morgan fingerprint density at radius 3 is 2.43 bits per heavy atom. The third-order valence-electron chi connectivity index (χ3n) is 3.93. The van der Waals surface area contributed by atoms with Crippen molar-refractivity contribution in [2.75, 3.05) is 0 Å². The van der Waals surface area contributed by atoms with Crippen molar-refractivity contribution in [3.05, 3.63) is 0 Å². The van der Waals surface area contributed by atoms with E-state index in [1.165, 1.54) is 19.3 Å².